The fraction of sp³-hybridized carbons (Fsp3) is 0.571. The van der Waals surface area contributed by atoms with Crippen molar-refractivity contribution in [2.45, 2.75) is 26.1 Å². The number of benzene rings is 1. The number of non-ortho nitro benzene ring substituents is 1. The van der Waals surface area contributed by atoms with E-state index < -0.39 is 15.1 Å². The predicted molar refractivity (Wildman–Crippen MR) is 90.1 cm³/mol. The van der Waals surface area contributed by atoms with Gasteiger partial charge < -0.3 is 10.1 Å². The number of morpholine rings is 1. The van der Waals surface area contributed by atoms with Crippen LogP contribution in [0.2, 0.25) is 0 Å². The van der Waals surface area contributed by atoms with Crippen LogP contribution in [0.4, 0.5) is 11.4 Å². The topological polar surface area (TPSA) is 114 Å². The number of hydrogen-bond acceptors (Lipinski definition) is 6. The van der Waals surface area contributed by atoms with Gasteiger partial charge in [-0.3, -0.25) is 10.1 Å². The first-order valence-corrected chi connectivity index (χ1v) is 9.10. The van der Waals surface area contributed by atoms with Gasteiger partial charge in [0.2, 0.25) is 0 Å². The maximum absolute atomic E-state index is 12.3. The number of anilines is 1. The van der Waals surface area contributed by atoms with Crippen LogP contribution in [0.15, 0.2) is 24.3 Å². The highest BCUT2D eigenvalue weighted by Gasteiger charge is 2.30. The van der Waals surface area contributed by atoms with E-state index in [0.29, 0.717) is 25.3 Å². The van der Waals surface area contributed by atoms with Crippen LogP contribution >= 0.6 is 0 Å². The molecule has 9 nitrogen and oxygen atoms in total. The lowest BCUT2D eigenvalue weighted by Gasteiger charge is -2.34. The predicted octanol–water partition coefficient (Wildman–Crippen LogP) is 0.950. The van der Waals surface area contributed by atoms with Gasteiger partial charge in [0.15, 0.2) is 0 Å². The monoisotopic (exact) mass is 358 g/mol. The number of nitro benzene ring substituents is 1. The number of rotatable bonds is 7. The molecule has 1 heterocycles. The summed E-state index contributed by atoms with van der Waals surface area (Å²) in [6.45, 7) is 4.92. The molecule has 0 bridgehead atoms. The van der Waals surface area contributed by atoms with E-state index in [1.54, 1.807) is 12.1 Å². The lowest BCUT2D eigenvalue weighted by atomic mass is 10.3. The zero-order chi connectivity index (χ0) is 17.7. The van der Waals surface area contributed by atoms with E-state index in [9.17, 15) is 18.5 Å². The molecule has 2 N–H and O–H groups in total. The Morgan fingerprint density at radius 3 is 2.33 bits per heavy atom. The fourth-order valence-electron chi connectivity index (χ4n) is 2.51. The van der Waals surface area contributed by atoms with Crippen LogP contribution in [0.25, 0.3) is 0 Å². The summed E-state index contributed by atoms with van der Waals surface area (Å²) in [4.78, 5) is 10.1. The molecular weight excluding hydrogens is 336 g/mol. The Balaban J connectivity index is 1.79. The second-order valence-corrected chi connectivity index (χ2v) is 7.46. The van der Waals surface area contributed by atoms with Crippen molar-refractivity contribution in [3.8, 4) is 0 Å². The Kier molecular flexibility index (Phi) is 6.10. The summed E-state index contributed by atoms with van der Waals surface area (Å²) in [6, 6.07) is 5.95. The van der Waals surface area contributed by atoms with Gasteiger partial charge in [0.05, 0.1) is 17.1 Å². The molecule has 1 fully saturated rings. The van der Waals surface area contributed by atoms with Crippen LogP contribution in [0.3, 0.4) is 0 Å². The number of ether oxygens (including phenoxy) is 1. The molecule has 0 saturated carbocycles. The molecule has 1 saturated heterocycles. The van der Waals surface area contributed by atoms with Crippen molar-refractivity contribution in [3.63, 3.8) is 0 Å². The first kappa shape index (κ1) is 18.6. The minimum atomic E-state index is -3.55. The molecule has 1 aliphatic heterocycles. The summed E-state index contributed by atoms with van der Waals surface area (Å²) in [6.07, 6.45) is -0.271. The quantitative estimate of drug-likeness (QED) is 0.426. The van der Waals surface area contributed by atoms with Gasteiger partial charge in [-0.1, -0.05) is 0 Å². The standard InChI is InChI=1S/C14H22N4O5S/c1-11-9-17(10-12(2)23-11)24(21,22)16-8-7-15-13-3-5-14(6-4-13)18(19)20/h3-6,11-12,15-16H,7-10H2,1-2H3/t11-,12-/m0/s1. The third-order valence-corrected chi connectivity index (χ3v) is 5.09. The van der Waals surface area contributed by atoms with Crippen molar-refractivity contribution in [2.75, 3.05) is 31.5 Å². The summed E-state index contributed by atoms with van der Waals surface area (Å²) < 4.78 is 34.0. The Labute approximate surface area is 141 Å². The van der Waals surface area contributed by atoms with Gasteiger partial charge in [-0.2, -0.15) is 12.7 Å². The first-order chi connectivity index (χ1) is 11.3. The van der Waals surface area contributed by atoms with E-state index in [2.05, 4.69) is 10.0 Å². The second-order valence-electron chi connectivity index (χ2n) is 5.70. The molecule has 134 valence electrons. The van der Waals surface area contributed by atoms with Gasteiger partial charge in [-0.15, -0.1) is 0 Å². The van der Waals surface area contributed by atoms with Crippen molar-refractivity contribution in [2.24, 2.45) is 0 Å². The molecular formula is C14H22N4O5S. The Morgan fingerprint density at radius 1 is 1.21 bits per heavy atom. The molecule has 0 radical (unpaired) electrons. The van der Waals surface area contributed by atoms with Crippen molar-refractivity contribution in [1.29, 1.82) is 0 Å². The highest BCUT2D eigenvalue weighted by atomic mass is 32.2. The second kappa shape index (κ2) is 7.88. The lowest BCUT2D eigenvalue weighted by molar-refractivity contribution is -0.384. The molecule has 24 heavy (non-hydrogen) atoms. The molecule has 0 spiro atoms. The molecule has 10 heteroatoms. The van der Waals surface area contributed by atoms with E-state index in [4.69, 9.17) is 4.74 Å². The molecule has 0 aromatic heterocycles. The summed E-state index contributed by atoms with van der Waals surface area (Å²) in [5.74, 6) is 0. The third kappa shape index (κ3) is 5.13. The molecule has 2 atom stereocenters. The average molecular weight is 358 g/mol. The van der Waals surface area contributed by atoms with E-state index in [0.717, 1.165) is 0 Å². The van der Waals surface area contributed by atoms with E-state index in [1.807, 2.05) is 13.8 Å². The molecule has 0 amide bonds. The smallest absolute Gasteiger partial charge is 0.279 e. The number of nitrogens with one attached hydrogen (secondary N) is 2. The highest BCUT2D eigenvalue weighted by Crippen LogP contribution is 2.15. The third-order valence-electron chi connectivity index (χ3n) is 3.54. The van der Waals surface area contributed by atoms with Gasteiger partial charge in [0.1, 0.15) is 0 Å². The van der Waals surface area contributed by atoms with Gasteiger partial charge in [-0.05, 0) is 26.0 Å². The number of nitro groups is 1. The molecule has 1 aromatic carbocycles. The Hall–Kier alpha value is -1.75. The summed E-state index contributed by atoms with van der Waals surface area (Å²) in [5, 5.41) is 13.6. The van der Waals surface area contributed by atoms with Gasteiger partial charge in [0, 0.05) is 44.0 Å². The van der Waals surface area contributed by atoms with Crippen LogP contribution in [0, 0.1) is 10.1 Å². The first-order valence-electron chi connectivity index (χ1n) is 7.66. The zero-order valence-electron chi connectivity index (χ0n) is 13.6. The Bertz CT molecular complexity index is 654. The van der Waals surface area contributed by atoms with Gasteiger partial charge in [0.25, 0.3) is 15.9 Å². The van der Waals surface area contributed by atoms with Crippen LogP contribution < -0.4 is 10.0 Å². The van der Waals surface area contributed by atoms with Crippen LogP contribution in [0.1, 0.15) is 13.8 Å². The molecule has 2 rings (SSSR count). The molecule has 0 aliphatic carbocycles. The van der Waals surface area contributed by atoms with Crippen LogP contribution in [-0.4, -0.2) is 56.0 Å². The lowest BCUT2D eigenvalue weighted by Crippen LogP contribution is -2.52. The maximum atomic E-state index is 12.3. The van der Waals surface area contributed by atoms with E-state index in [1.165, 1.54) is 16.4 Å². The largest absolute Gasteiger partial charge is 0.384 e. The van der Waals surface area contributed by atoms with Crippen LogP contribution in [-0.2, 0) is 14.9 Å². The zero-order valence-corrected chi connectivity index (χ0v) is 14.5. The van der Waals surface area contributed by atoms with Gasteiger partial charge >= 0.3 is 0 Å². The van der Waals surface area contributed by atoms with Crippen molar-refractivity contribution >= 4 is 21.6 Å². The SMILES string of the molecule is C[C@H]1CN(S(=O)(=O)NCCNc2ccc([N+](=O)[O-])cc2)C[C@H](C)O1. The van der Waals surface area contributed by atoms with Crippen molar-refractivity contribution in [1.82, 2.24) is 9.03 Å². The molecule has 0 unspecified atom stereocenters. The fourth-order valence-corrected chi connectivity index (χ4v) is 3.86. The summed E-state index contributed by atoms with van der Waals surface area (Å²) in [5.41, 5.74) is 0.699. The molecule has 1 aliphatic rings. The minimum absolute atomic E-state index is 0.0109. The number of nitrogens with zero attached hydrogens (tertiary/aromatic N) is 2. The van der Waals surface area contributed by atoms with E-state index >= 15 is 0 Å². The molecule has 1 aromatic rings. The summed E-state index contributed by atoms with van der Waals surface area (Å²) in [7, 11) is -3.55. The van der Waals surface area contributed by atoms with Crippen LogP contribution in [0.5, 0.6) is 0 Å². The number of hydrogen-bond donors (Lipinski definition) is 2. The average Bonchev–Trinajstić information content (AvgIpc) is 2.51. The summed E-state index contributed by atoms with van der Waals surface area (Å²) >= 11 is 0. The van der Waals surface area contributed by atoms with Crippen molar-refractivity contribution in [3.05, 3.63) is 34.4 Å². The maximum Gasteiger partial charge on any atom is 0.279 e. The Morgan fingerprint density at radius 2 is 1.79 bits per heavy atom. The van der Waals surface area contributed by atoms with Crippen molar-refractivity contribution < 1.29 is 18.1 Å². The minimum Gasteiger partial charge on any atom is -0.384 e. The normalized spacial score (nSPS) is 22.2. The highest BCUT2D eigenvalue weighted by molar-refractivity contribution is 7.87. The van der Waals surface area contributed by atoms with Gasteiger partial charge in [-0.25, -0.2) is 4.72 Å². The van der Waals surface area contributed by atoms with E-state index in [-0.39, 0.29) is 24.4 Å².